The quantitative estimate of drug-likeness (QED) is 0.338. The maximum absolute atomic E-state index is 11.4. The standard InChI is InChI=1S/C26H29Br2O2P/c1-25(2,3)19-12-16(27)14-21(23(19)29)31(18-10-8-7-9-11-18)22-15-17(28)13-20(24(22)30)26(4,5)6/h7-15,29-30H,1-6H3. The molecule has 5 heteroatoms. The Morgan fingerprint density at radius 1 is 0.645 bits per heavy atom. The van der Waals surface area contributed by atoms with Crippen LogP contribution in [-0.2, 0) is 10.8 Å². The molecular formula is C26H29Br2O2P. The summed E-state index contributed by atoms with van der Waals surface area (Å²) < 4.78 is 1.83. The van der Waals surface area contributed by atoms with E-state index in [-0.39, 0.29) is 10.8 Å². The number of hydrogen-bond donors (Lipinski definition) is 2. The molecule has 31 heavy (non-hydrogen) atoms. The Kier molecular flexibility index (Phi) is 6.96. The lowest BCUT2D eigenvalue weighted by atomic mass is 9.86. The Labute approximate surface area is 203 Å². The highest BCUT2D eigenvalue weighted by Crippen LogP contribution is 2.45. The third-order valence-corrected chi connectivity index (χ3v) is 8.60. The topological polar surface area (TPSA) is 40.5 Å². The van der Waals surface area contributed by atoms with E-state index in [1.54, 1.807) is 0 Å². The summed E-state index contributed by atoms with van der Waals surface area (Å²) in [4.78, 5) is 0. The van der Waals surface area contributed by atoms with E-state index in [1.807, 2.05) is 42.5 Å². The van der Waals surface area contributed by atoms with Crippen LogP contribution in [-0.4, -0.2) is 10.2 Å². The van der Waals surface area contributed by atoms with E-state index in [2.05, 4.69) is 85.5 Å². The number of hydrogen-bond acceptors (Lipinski definition) is 2. The zero-order valence-electron chi connectivity index (χ0n) is 18.8. The molecule has 0 spiro atoms. The molecule has 3 rings (SSSR count). The molecule has 0 unspecified atom stereocenters. The lowest BCUT2D eigenvalue weighted by Crippen LogP contribution is -2.25. The van der Waals surface area contributed by atoms with E-state index in [0.717, 1.165) is 36.0 Å². The van der Waals surface area contributed by atoms with Gasteiger partial charge < -0.3 is 10.2 Å². The van der Waals surface area contributed by atoms with Crippen LogP contribution in [0.3, 0.4) is 0 Å². The number of phenols is 2. The molecule has 0 aliphatic carbocycles. The van der Waals surface area contributed by atoms with Crippen LogP contribution >= 0.6 is 39.8 Å². The summed E-state index contributed by atoms with van der Waals surface area (Å²) in [5.74, 6) is 0.588. The van der Waals surface area contributed by atoms with Crippen molar-refractivity contribution >= 4 is 55.7 Å². The number of benzene rings is 3. The Bertz CT molecular complexity index is 1030. The van der Waals surface area contributed by atoms with Crippen LogP contribution in [0, 0.1) is 0 Å². The molecule has 0 fully saturated rings. The van der Waals surface area contributed by atoms with E-state index in [9.17, 15) is 10.2 Å². The molecule has 164 valence electrons. The second-order valence-electron chi connectivity index (χ2n) is 9.81. The van der Waals surface area contributed by atoms with Crippen LogP contribution in [0.15, 0.2) is 63.5 Å². The molecule has 0 heterocycles. The molecule has 0 saturated carbocycles. The molecule has 0 aliphatic heterocycles. The first-order valence-electron chi connectivity index (χ1n) is 10.2. The van der Waals surface area contributed by atoms with Crippen LogP contribution in [0.25, 0.3) is 0 Å². The fourth-order valence-electron chi connectivity index (χ4n) is 3.64. The Hall–Kier alpha value is -1.35. The lowest BCUT2D eigenvalue weighted by molar-refractivity contribution is 0.450. The van der Waals surface area contributed by atoms with Gasteiger partial charge in [0.1, 0.15) is 11.5 Å². The lowest BCUT2D eigenvalue weighted by Gasteiger charge is -2.29. The highest BCUT2D eigenvalue weighted by atomic mass is 79.9. The molecule has 3 aromatic carbocycles. The molecular weight excluding hydrogens is 535 g/mol. The van der Waals surface area contributed by atoms with Crippen molar-refractivity contribution < 1.29 is 10.2 Å². The minimum Gasteiger partial charge on any atom is -0.507 e. The first-order valence-corrected chi connectivity index (χ1v) is 13.1. The van der Waals surface area contributed by atoms with Crippen molar-refractivity contribution in [1.29, 1.82) is 0 Å². The van der Waals surface area contributed by atoms with Crippen LogP contribution in [0.5, 0.6) is 11.5 Å². The predicted octanol–water partition coefficient (Wildman–Crippen LogP) is 6.98. The maximum Gasteiger partial charge on any atom is 0.127 e. The molecule has 2 N–H and O–H groups in total. The van der Waals surface area contributed by atoms with E-state index in [1.165, 1.54) is 0 Å². The van der Waals surface area contributed by atoms with E-state index >= 15 is 0 Å². The van der Waals surface area contributed by atoms with Gasteiger partial charge in [0.2, 0.25) is 0 Å². The van der Waals surface area contributed by atoms with Crippen molar-refractivity contribution in [2.24, 2.45) is 0 Å². The molecule has 0 amide bonds. The number of rotatable bonds is 3. The zero-order valence-corrected chi connectivity index (χ0v) is 22.9. The van der Waals surface area contributed by atoms with Gasteiger partial charge in [-0.05, 0) is 48.3 Å². The third-order valence-electron chi connectivity index (χ3n) is 5.22. The highest BCUT2D eigenvalue weighted by molar-refractivity contribution is 9.10. The van der Waals surface area contributed by atoms with Gasteiger partial charge in [-0.25, -0.2) is 0 Å². The molecule has 0 aliphatic rings. The van der Waals surface area contributed by atoms with Crippen molar-refractivity contribution in [2.75, 3.05) is 0 Å². The minimum absolute atomic E-state index is 0.226. The van der Waals surface area contributed by atoms with Gasteiger partial charge >= 0.3 is 0 Å². The smallest absolute Gasteiger partial charge is 0.127 e. The Morgan fingerprint density at radius 2 is 1.03 bits per heavy atom. The Morgan fingerprint density at radius 3 is 1.39 bits per heavy atom. The third kappa shape index (κ3) is 5.18. The minimum atomic E-state index is -1.21. The van der Waals surface area contributed by atoms with Gasteiger partial charge in [0.25, 0.3) is 0 Å². The molecule has 3 aromatic rings. The van der Waals surface area contributed by atoms with Crippen LogP contribution in [0.4, 0.5) is 0 Å². The highest BCUT2D eigenvalue weighted by Gasteiger charge is 2.30. The van der Waals surface area contributed by atoms with Gasteiger partial charge in [0.05, 0.1) is 0 Å². The Balaban J connectivity index is 2.40. The fourth-order valence-corrected chi connectivity index (χ4v) is 7.40. The van der Waals surface area contributed by atoms with Crippen molar-refractivity contribution in [1.82, 2.24) is 0 Å². The average molecular weight is 564 g/mol. The van der Waals surface area contributed by atoms with Gasteiger partial charge in [-0.1, -0.05) is 104 Å². The summed E-state index contributed by atoms with van der Waals surface area (Å²) in [5, 5.41) is 25.6. The predicted molar refractivity (Wildman–Crippen MR) is 141 cm³/mol. The van der Waals surface area contributed by atoms with Gasteiger partial charge in [0, 0.05) is 30.7 Å². The molecule has 0 aromatic heterocycles. The fraction of sp³-hybridized carbons (Fsp3) is 0.308. The maximum atomic E-state index is 11.4. The average Bonchev–Trinajstić information content (AvgIpc) is 2.66. The summed E-state index contributed by atoms with van der Waals surface area (Å²) in [5.41, 5.74) is 1.31. The molecule has 0 bridgehead atoms. The zero-order chi connectivity index (χ0) is 23.1. The second kappa shape index (κ2) is 8.89. The van der Waals surface area contributed by atoms with E-state index < -0.39 is 7.92 Å². The summed E-state index contributed by atoms with van der Waals surface area (Å²) in [6, 6.07) is 18.1. The van der Waals surface area contributed by atoms with Crippen molar-refractivity contribution in [3.8, 4) is 11.5 Å². The first kappa shape index (κ1) is 24.3. The van der Waals surface area contributed by atoms with Crippen LogP contribution in [0.1, 0.15) is 52.7 Å². The number of phenolic OH excluding ortho intramolecular Hbond substituents is 2. The van der Waals surface area contributed by atoms with Gasteiger partial charge in [-0.15, -0.1) is 0 Å². The number of halogens is 2. The molecule has 0 radical (unpaired) electrons. The molecule has 0 atom stereocenters. The van der Waals surface area contributed by atoms with Crippen molar-refractivity contribution in [3.63, 3.8) is 0 Å². The van der Waals surface area contributed by atoms with Crippen molar-refractivity contribution in [3.05, 3.63) is 74.7 Å². The van der Waals surface area contributed by atoms with E-state index in [4.69, 9.17) is 0 Å². The van der Waals surface area contributed by atoms with Gasteiger partial charge in [-0.2, -0.15) is 0 Å². The van der Waals surface area contributed by atoms with Crippen LogP contribution < -0.4 is 15.9 Å². The first-order chi connectivity index (χ1) is 14.3. The SMILES string of the molecule is CC(C)(C)c1cc(Br)cc(P(c2ccccc2)c2cc(Br)cc(C(C)(C)C)c2O)c1O. The van der Waals surface area contributed by atoms with E-state index in [0.29, 0.717) is 11.5 Å². The largest absolute Gasteiger partial charge is 0.507 e. The van der Waals surface area contributed by atoms with Gasteiger partial charge in [-0.3, -0.25) is 0 Å². The summed E-state index contributed by atoms with van der Waals surface area (Å²) in [6.45, 7) is 12.6. The van der Waals surface area contributed by atoms with Crippen molar-refractivity contribution in [2.45, 2.75) is 52.4 Å². The van der Waals surface area contributed by atoms with Crippen LogP contribution in [0.2, 0.25) is 0 Å². The summed E-state index contributed by atoms with van der Waals surface area (Å²) in [6.07, 6.45) is 0. The second-order valence-corrected chi connectivity index (χ2v) is 13.8. The molecule has 0 saturated heterocycles. The summed E-state index contributed by atoms with van der Waals surface area (Å²) >= 11 is 7.32. The number of aromatic hydroxyl groups is 2. The normalized spacial score (nSPS) is 12.4. The monoisotopic (exact) mass is 562 g/mol. The van der Waals surface area contributed by atoms with Gasteiger partial charge in [0.15, 0.2) is 0 Å². The summed E-state index contributed by atoms with van der Waals surface area (Å²) in [7, 11) is -1.21. The molecule has 2 nitrogen and oxygen atoms in total.